The van der Waals surface area contributed by atoms with E-state index in [0.717, 1.165) is 42.5 Å². The van der Waals surface area contributed by atoms with Crippen molar-refractivity contribution in [2.24, 2.45) is 0 Å². The van der Waals surface area contributed by atoms with Crippen LogP contribution in [-0.4, -0.2) is 64.0 Å². The van der Waals surface area contributed by atoms with E-state index in [9.17, 15) is 10.2 Å². The number of rotatable bonds is 3. The molecular formula is C28H28FN5O2. The molecule has 4 aromatic rings. The third-order valence-corrected chi connectivity index (χ3v) is 7.77. The lowest BCUT2D eigenvalue weighted by Crippen LogP contribution is -2.60. The van der Waals surface area contributed by atoms with Gasteiger partial charge >= 0.3 is 0 Å². The van der Waals surface area contributed by atoms with Crippen LogP contribution in [0, 0.1) is 5.82 Å². The van der Waals surface area contributed by atoms with Crippen LogP contribution in [0.25, 0.3) is 32.8 Å². The third-order valence-electron chi connectivity index (χ3n) is 7.77. The van der Waals surface area contributed by atoms with E-state index in [2.05, 4.69) is 15.2 Å². The van der Waals surface area contributed by atoms with Gasteiger partial charge in [0.15, 0.2) is 5.82 Å². The third kappa shape index (κ3) is 3.47. The number of aromatic nitrogens is 2. The maximum atomic E-state index is 16.4. The standard InChI is InChI=1S/C28H28FN5O2/c1-28(36)14-34(15-28)27-31-25-22(26(32-27)33-12-17-6-7-18(13-33)30-17)9-8-21(24(25)29)23-11-19(35)10-16-4-2-3-5-20(16)23/h2-5,8-11,17-18,30,35-36H,6-7,12-15H2,1H3. The molecule has 7 nitrogen and oxygen atoms in total. The molecule has 3 fully saturated rings. The molecule has 7 rings (SSSR count). The number of fused-ring (bicyclic) bond motifs is 4. The maximum absolute atomic E-state index is 16.4. The molecule has 0 spiro atoms. The number of nitrogens with one attached hydrogen (secondary N) is 1. The lowest BCUT2D eigenvalue weighted by Gasteiger charge is -2.44. The number of nitrogens with zero attached hydrogens (tertiary/aromatic N) is 4. The monoisotopic (exact) mass is 485 g/mol. The van der Waals surface area contributed by atoms with Crippen LogP contribution in [0.1, 0.15) is 19.8 Å². The van der Waals surface area contributed by atoms with Crippen molar-refractivity contribution >= 4 is 33.4 Å². The number of phenolic OH excluding ortho intramolecular Hbond substituents is 1. The summed E-state index contributed by atoms with van der Waals surface area (Å²) < 4.78 is 16.4. The number of hydrogen-bond donors (Lipinski definition) is 3. The Morgan fingerprint density at radius 2 is 1.69 bits per heavy atom. The van der Waals surface area contributed by atoms with Crippen molar-refractivity contribution in [1.82, 2.24) is 15.3 Å². The van der Waals surface area contributed by atoms with Gasteiger partial charge in [-0.2, -0.15) is 4.98 Å². The van der Waals surface area contributed by atoms with Crippen LogP contribution < -0.4 is 15.1 Å². The molecule has 3 saturated heterocycles. The van der Waals surface area contributed by atoms with Crippen LogP contribution in [0.5, 0.6) is 5.75 Å². The Hall–Kier alpha value is -3.49. The van der Waals surface area contributed by atoms with E-state index in [1.165, 1.54) is 0 Å². The second-order valence-electron chi connectivity index (χ2n) is 10.8. The fourth-order valence-electron chi connectivity index (χ4n) is 6.13. The van der Waals surface area contributed by atoms with Crippen molar-refractivity contribution in [3.05, 3.63) is 54.3 Å². The summed E-state index contributed by atoms with van der Waals surface area (Å²) in [5.74, 6) is 0.836. The quantitative estimate of drug-likeness (QED) is 0.407. The van der Waals surface area contributed by atoms with Crippen molar-refractivity contribution in [2.75, 3.05) is 36.0 Å². The van der Waals surface area contributed by atoms with Gasteiger partial charge in [0, 0.05) is 36.1 Å². The highest BCUT2D eigenvalue weighted by Gasteiger charge is 2.39. The van der Waals surface area contributed by atoms with E-state index in [0.29, 0.717) is 47.6 Å². The van der Waals surface area contributed by atoms with Gasteiger partial charge in [-0.15, -0.1) is 0 Å². The number of benzene rings is 3. The Balaban J connectivity index is 1.42. The molecule has 36 heavy (non-hydrogen) atoms. The molecule has 2 unspecified atom stereocenters. The number of aromatic hydroxyl groups is 1. The molecule has 0 aliphatic carbocycles. The van der Waals surface area contributed by atoms with E-state index in [1.807, 2.05) is 35.2 Å². The van der Waals surface area contributed by atoms with Gasteiger partial charge in [-0.05, 0) is 54.3 Å². The Kier molecular flexibility index (Phi) is 4.69. The number of anilines is 2. The Morgan fingerprint density at radius 1 is 0.944 bits per heavy atom. The zero-order valence-electron chi connectivity index (χ0n) is 20.1. The average molecular weight is 486 g/mol. The van der Waals surface area contributed by atoms with E-state index < -0.39 is 11.4 Å². The summed E-state index contributed by atoms with van der Waals surface area (Å²) in [7, 11) is 0. The fraction of sp³-hybridized carbons (Fsp3) is 0.357. The van der Waals surface area contributed by atoms with Gasteiger partial charge in [0.2, 0.25) is 5.95 Å². The second kappa shape index (κ2) is 7.75. The van der Waals surface area contributed by atoms with Gasteiger partial charge < -0.3 is 25.3 Å². The first kappa shape index (κ1) is 21.8. The van der Waals surface area contributed by atoms with Crippen LogP contribution in [0.15, 0.2) is 48.5 Å². The average Bonchev–Trinajstić information content (AvgIpc) is 3.19. The predicted octanol–water partition coefficient (Wildman–Crippen LogP) is 3.81. The number of β-amino-alcohol motifs (C(OH)–C–C–N with tert-alkyl or cyclic N) is 1. The summed E-state index contributed by atoms with van der Waals surface area (Å²) in [6, 6.07) is 15.4. The van der Waals surface area contributed by atoms with Gasteiger partial charge in [0.1, 0.15) is 17.1 Å². The maximum Gasteiger partial charge on any atom is 0.228 e. The lowest BCUT2D eigenvalue weighted by atomic mass is 9.96. The summed E-state index contributed by atoms with van der Waals surface area (Å²) in [6.07, 6.45) is 2.27. The van der Waals surface area contributed by atoms with Crippen molar-refractivity contribution < 1.29 is 14.6 Å². The SMILES string of the molecule is CC1(O)CN(c2nc(N3CC4CCC(C3)N4)c3ccc(-c4cc(O)cc5ccccc45)c(F)c3n2)C1. The minimum atomic E-state index is -0.798. The molecule has 8 heteroatoms. The van der Waals surface area contributed by atoms with E-state index >= 15 is 4.39 Å². The summed E-state index contributed by atoms with van der Waals surface area (Å²) in [5.41, 5.74) is 0.477. The fourth-order valence-corrected chi connectivity index (χ4v) is 6.13. The van der Waals surface area contributed by atoms with Crippen LogP contribution >= 0.6 is 0 Å². The Labute approximate surface area is 208 Å². The van der Waals surface area contributed by atoms with Gasteiger partial charge in [-0.3, -0.25) is 0 Å². The predicted molar refractivity (Wildman–Crippen MR) is 139 cm³/mol. The zero-order valence-corrected chi connectivity index (χ0v) is 20.1. The van der Waals surface area contributed by atoms with Crippen molar-refractivity contribution in [3.63, 3.8) is 0 Å². The summed E-state index contributed by atoms with van der Waals surface area (Å²) >= 11 is 0. The molecule has 3 aliphatic heterocycles. The van der Waals surface area contributed by atoms with Gasteiger partial charge in [0.25, 0.3) is 0 Å². The summed E-state index contributed by atoms with van der Waals surface area (Å²) in [6.45, 7) is 4.23. The number of phenols is 1. The molecule has 184 valence electrons. The summed E-state index contributed by atoms with van der Waals surface area (Å²) in [5, 5.41) is 26.7. The van der Waals surface area contributed by atoms with Gasteiger partial charge in [0.05, 0.1) is 18.7 Å². The molecule has 1 aromatic heterocycles. The van der Waals surface area contributed by atoms with Gasteiger partial charge in [-0.25, -0.2) is 9.37 Å². The molecule has 3 N–H and O–H groups in total. The largest absolute Gasteiger partial charge is 0.508 e. The molecule has 0 amide bonds. The molecule has 4 heterocycles. The number of hydrogen-bond acceptors (Lipinski definition) is 7. The van der Waals surface area contributed by atoms with Crippen LogP contribution in [0.3, 0.4) is 0 Å². The number of halogens is 1. The normalized spacial score (nSPS) is 22.9. The van der Waals surface area contributed by atoms with Crippen LogP contribution in [-0.2, 0) is 0 Å². The minimum Gasteiger partial charge on any atom is -0.508 e. The Morgan fingerprint density at radius 3 is 2.44 bits per heavy atom. The molecule has 2 atom stereocenters. The summed E-state index contributed by atoms with van der Waals surface area (Å²) in [4.78, 5) is 13.8. The van der Waals surface area contributed by atoms with Gasteiger partial charge in [-0.1, -0.05) is 30.3 Å². The highest BCUT2D eigenvalue weighted by atomic mass is 19.1. The first-order chi connectivity index (χ1) is 17.3. The van der Waals surface area contributed by atoms with Crippen molar-refractivity contribution in [2.45, 2.75) is 37.5 Å². The highest BCUT2D eigenvalue weighted by Crippen LogP contribution is 2.39. The molecule has 3 aliphatic rings. The van der Waals surface area contributed by atoms with E-state index in [1.54, 1.807) is 25.1 Å². The lowest BCUT2D eigenvalue weighted by molar-refractivity contribution is 0.0300. The number of aliphatic hydroxyl groups is 1. The van der Waals surface area contributed by atoms with Crippen molar-refractivity contribution in [1.29, 1.82) is 0 Å². The molecule has 0 radical (unpaired) electrons. The topological polar surface area (TPSA) is 84.8 Å². The molecule has 2 bridgehead atoms. The molecular weight excluding hydrogens is 457 g/mol. The second-order valence-corrected chi connectivity index (χ2v) is 10.8. The molecule has 0 saturated carbocycles. The first-order valence-electron chi connectivity index (χ1n) is 12.6. The van der Waals surface area contributed by atoms with E-state index in [-0.39, 0.29) is 11.3 Å². The highest BCUT2D eigenvalue weighted by molar-refractivity contribution is 6.01. The number of piperazine rings is 1. The van der Waals surface area contributed by atoms with Crippen molar-refractivity contribution in [3.8, 4) is 16.9 Å². The minimum absolute atomic E-state index is 0.0892. The van der Waals surface area contributed by atoms with Crippen LogP contribution in [0.4, 0.5) is 16.2 Å². The zero-order chi connectivity index (χ0) is 24.6. The Bertz CT molecular complexity index is 1500. The van der Waals surface area contributed by atoms with Crippen LogP contribution in [0.2, 0.25) is 0 Å². The van der Waals surface area contributed by atoms with E-state index in [4.69, 9.17) is 4.98 Å². The molecule has 3 aromatic carbocycles. The first-order valence-corrected chi connectivity index (χ1v) is 12.6. The smallest absolute Gasteiger partial charge is 0.228 e.